The average Bonchev–Trinajstić information content (AvgIpc) is 3.21. The monoisotopic (exact) mass is 442 g/mol. The summed E-state index contributed by atoms with van der Waals surface area (Å²) in [5.41, 5.74) is 2.12. The van der Waals surface area contributed by atoms with Gasteiger partial charge in [0.15, 0.2) is 4.34 Å². The molecule has 4 rings (SSSR count). The van der Waals surface area contributed by atoms with Gasteiger partial charge >= 0.3 is 0 Å². The van der Waals surface area contributed by atoms with Gasteiger partial charge in [0.25, 0.3) is 0 Å². The summed E-state index contributed by atoms with van der Waals surface area (Å²) >= 11 is 3.13. The predicted molar refractivity (Wildman–Crippen MR) is 123 cm³/mol. The third kappa shape index (κ3) is 4.96. The second-order valence-electron chi connectivity index (χ2n) is 7.36. The zero-order valence-corrected chi connectivity index (χ0v) is 18.7. The van der Waals surface area contributed by atoms with Gasteiger partial charge in [-0.15, -0.1) is 11.3 Å². The first-order chi connectivity index (χ1) is 14.7. The molecule has 0 radical (unpaired) electrons. The van der Waals surface area contributed by atoms with Crippen LogP contribution in [-0.2, 0) is 14.9 Å². The number of ether oxygens (including phenoxy) is 2. The van der Waals surface area contributed by atoms with Crippen molar-refractivity contribution in [3.63, 3.8) is 0 Å². The maximum absolute atomic E-state index is 12.6. The maximum atomic E-state index is 12.6. The molecule has 158 valence electrons. The van der Waals surface area contributed by atoms with E-state index in [1.165, 1.54) is 17.3 Å². The summed E-state index contributed by atoms with van der Waals surface area (Å²) in [4.78, 5) is 17.2. The van der Waals surface area contributed by atoms with E-state index in [1.54, 1.807) is 11.3 Å². The summed E-state index contributed by atoms with van der Waals surface area (Å²) < 4.78 is 13.3. The van der Waals surface area contributed by atoms with Gasteiger partial charge in [-0.1, -0.05) is 36.0 Å². The van der Waals surface area contributed by atoms with Crippen LogP contribution in [0.3, 0.4) is 0 Å². The number of benzene rings is 2. The Balaban J connectivity index is 1.37. The Kier molecular flexibility index (Phi) is 6.92. The Morgan fingerprint density at radius 1 is 1.20 bits per heavy atom. The molecule has 1 aliphatic heterocycles. The fourth-order valence-electron chi connectivity index (χ4n) is 3.76. The van der Waals surface area contributed by atoms with Crippen molar-refractivity contribution < 1.29 is 14.3 Å². The molecule has 0 aliphatic carbocycles. The average molecular weight is 443 g/mol. The molecule has 1 aliphatic rings. The van der Waals surface area contributed by atoms with Crippen molar-refractivity contribution >= 4 is 39.2 Å². The molecule has 3 aromatic rings. The van der Waals surface area contributed by atoms with E-state index in [0.717, 1.165) is 33.1 Å². The lowest BCUT2D eigenvalue weighted by molar-refractivity contribution is -0.119. The third-order valence-corrected chi connectivity index (χ3v) is 7.63. The number of hydrogen-bond acceptors (Lipinski definition) is 6. The predicted octanol–water partition coefficient (Wildman–Crippen LogP) is 4.65. The van der Waals surface area contributed by atoms with E-state index >= 15 is 0 Å². The summed E-state index contributed by atoms with van der Waals surface area (Å²) in [6.45, 7) is 4.67. The molecule has 0 unspecified atom stereocenters. The van der Waals surface area contributed by atoms with Crippen LogP contribution in [0.1, 0.15) is 25.3 Å². The normalized spacial score (nSPS) is 15.8. The molecular weight excluding hydrogens is 416 g/mol. The van der Waals surface area contributed by atoms with E-state index in [0.29, 0.717) is 32.1 Å². The number of fused-ring (bicyclic) bond motifs is 1. The van der Waals surface area contributed by atoms with Crippen LogP contribution in [0.4, 0.5) is 0 Å². The highest BCUT2D eigenvalue weighted by Gasteiger charge is 2.34. The summed E-state index contributed by atoms with van der Waals surface area (Å²) in [7, 11) is 0. The first kappa shape index (κ1) is 21.2. The largest absolute Gasteiger partial charge is 0.494 e. The van der Waals surface area contributed by atoms with E-state index in [4.69, 9.17) is 9.47 Å². The van der Waals surface area contributed by atoms with Crippen molar-refractivity contribution in [3.05, 3.63) is 54.1 Å². The van der Waals surface area contributed by atoms with Gasteiger partial charge in [0.2, 0.25) is 5.91 Å². The minimum Gasteiger partial charge on any atom is -0.494 e. The molecule has 0 saturated carbocycles. The van der Waals surface area contributed by atoms with E-state index in [1.807, 2.05) is 37.3 Å². The fourth-order valence-corrected chi connectivity index (χ4v) is 5.66. The molecule has 7 heteroatoms. The molecule has 1 aromatic heterocycles. The van der Waals surface area contributed by atoms with E-state index in [9.17, 15) is 4.79 Å². The number of para-hydroxylation sites is 1. The highest BCUT2D eigenvalue weighted by molar-refractivity contribution is 8.01. The molecule has 2 aromatic carbocycles. The lowest BCUT2D eigenvalue weighted by Gasteiger charge is -2.38. The molecule has 5 nitrogen and oxygen atoms in total. The Labute approximate surface area is 185 Å². The van der Waals surface area contributed by atoms with Gasteiger partial charge in [0.05, 0.1) is 22.6 Å². The second kappa shape index (κ2) is 9.81. The van der Waals surface area contributed by atoms with Gasteiger partial charge in [-0.2, -0.15) is 0 Å². The molecule has 0 spiro atoms. The zero-order valence-electron chi connectivity index (χ0n) is 17.1. The topological polar surface area (TPSA) is 60.5 Å². The summed E-state index contributed by atoms with van der Waals surface area (Å²) in [6.07, 6.45) is 1.79. The van der Waals surface area contributed by atoms with Crippen LogP contribution in [0.25, 0.3) is 10.2 Å². The lowest BCUT2D eigenvalue weighted by atomic mass is 9.74. The van der Waals surface area contributed by atoms with Gasteiger partial charge in [0.1, 0.15) is 5.75 Å². The minimum absolute atomic E-state index is 0.0380. The molecule has 1 N–H and O–H groups in total. The third-order valence-electron chi connectivity index (χ3n) is 5.45. The number of carbonyl (C=O) groups is 1. The Bertz CT molecular complexity index is 949. The number of thioether (sulfide) groups is 1. The standard InChI is InChI=1S/C23H26N2O3S2/c1-2-28-18-9-7-17(8-10-18)23(11-13-27-14-12-23)16-24-21(26)15-29-22-25-19-5-3-4-6-20(19)30-22/h3-10H,2,11-16H2,1H3,(H,24,26). The van der Waals surface area contributed by atoms with Crippen LogP contribution < -0.4 is 10.1 Å². The zero-order chi connectivity index (χ0) is 20.8. The van der Waals surface area contributed by atoms with E-state index < -0.39 is 0 Å². The van der Waals surface area contributed by atoms with Gasteiger partial charge in [-0.25, -0.2) is 4.98 Å². The van der Waals surface area contributed by atoms with Crippen LogP contribution in [0.5, 0.6) is 5.75 Å². The number of aromatic nitrogens is 1. The number of nitrogens with one attached hydrogen (secondary N) is 1. The van der Waals surface area contributed by atoms with E-state index in [2.05, 4.69) is 28.5 Å². The SMILES string of the molecule is CCOc1ccc(C2(CNC(=O)CSc3nc4ccccc4s3)CCOCC2)cc1. The first-order valence-electron chi connectivity index (χ1n) is 10.2. The Hall–Kier alpha value is -2.09. The van der Waals surface area contributed by atoms with Crippen LogP contribution in [0, 0.1) is 0 Å². The van der Waals surface area contributed by atoms with Crippen molar-refractivity contribution in [2.24, 2.45) is 0 Å². The number of carbonyl (C=O) groups excluding carboxylic acids is 1. The van der Waals surface area contributed by atoms with E-state index in [-0.39, 0.29) is 11.3 Å². The smallest absolute Gasteiger partial charge is 0.230 e. The van der Waals surface area contributed by atoms with Gasteiger partial charge in [0, 0.05) is 25.2 Å². The van der Waals surface area contributed by atoms with Crippen molar-refractivity contribution in [1.82, 2.24) is 10.3 Å². The van der Waals surface area contributed by atoms with Crippen LogP contribution in [0.15, 0.2) is 52.9 Å². The number of nitrogens with zero attached hydrogens (tertiary/aromatic N) is 1. The molecule has 1 fully saturated rings. The van der Waals surface area contributed by atoms with Crippen molar-refractivity contribution in [2.45, 2.75) is 29.5 Å². The van der Waals surface area contributed by atoms with Crippen LogP contribution >= 0.6 is 23.1 Å². The van der Waals surface area contributed by atoms with Crippen molar-refractivity contribution in [1.29, 1.82) is 0 Å². The summed E-state index contributed by atoms with van der Waals surface area (Å²) in [5.74, 6) is 1.28. The first-order valence-corrected chi connectivity index (χ1v) is 12.0. The highest BCUT2D eigenvalue weighted by Crippen LogP contribution is 2.35. The van der Waals surface area contributed by atoms with Crippen LogP contribution in [-0.4, -0.2) is 43.0 Å². The second-order valence-corrected chi connectivity index (χ2v) is 9.62. The fraction of sp³-hybridized carbons (Fsp3) is 0.391. The molecule has 0 bridgehead atoms. The minimum atomic E-state index is -0.0980. The number of thiazole rings is 1. The Morgan fingerprint density at radius 3 is 2.70 bits per heavy atom. The number of hydrogen-bond donors (Lipinski definition) is 1. The quantitative estimate of drug-likeness (QED) is 0.515. The maximum Gasteiger partial charge on any atom is 0.230 e. The molecule has 0 atom stereocenters. The molecule has 2 heterocycles. The molecule has 1 saturated heterocycles. The summed E-state index contributed by atoms with van der Waals surface area (Å²) in [6, 6.07) is 16.3. The molecular formula is C23H26N2O3S2. The Morgan fingerprint density at radius 2 is 1.97 bits per heavy atom. The molecule has 1 amide bonds. The number of rotatable bonds is 8. The molecule has 30 heavy (non-hydrogen) atoms. The number of amides is 1. The summed E-state index contributed by atoms with van der Waals surface area (Å²) in [5, 5.41) is 3.17. The van der Waals surface area contributed by atoms with Gasteiger partial charge in [-0.3, -0.25) is 4.79 Å². The van der Waals surface area contributed by atoms with Crippen LogP contribution in [0.2, 0.25) is 0 Å². The van der Waals surface area contributed by atoms with Gasteiger partial charge in [-0.05, 0) is 49.6 Å². The van der Waals surface area contributed by atoms with Gasteiger partial charge < -0.3 is 14.8 Å². The van der Waals surface area contributed by atoms with Crippen molar-refractivity contribution in [3.8, 4) is 5.75 Å². The van der Waals surface area contributed by atoms with Crippen molar-refractivity contribution in [2.75, 3.05) is 32.1 Å². The highest BCUT2D eigenvalue weighted by atomic mass is 32.2. The lowest BCUT2D eigenvalue weighted by Crippen LogP contribution is -2.45.